The van der Waals surface area contributed by atoms with Crippen LogP contribution in [0, 0.1) is 6.92 Å². The highest BCUT2D eigenvalue weighted by Gasteiger charge is 2.13. The lowest BCUT2D eigenvalue weighted by molar-refractivity contribution is 0.139. The maximum atomic E-state index is 5.81. The Balaban J connectivity index is 2.59. The van der Waals surface area contributed by atoms with E-state index in [4.69, 9.17) is 10.5 Å². The summed E-state index contributed by atoms with van der Waals surface area (Å²) in [5, 5.41) is 0. The van der Waals surface area contributed by atoms with Gasteiger partial charge in [0.25, 0.3) is 0 Å². The molecule has 0 radical (unpaired) electrons. The van der Waals surface area contributed by atoms with Crippen LogP contribution in [0.1, 0.15) is 39.0 Å². The molecule has 1 aromatic rings. The van der Waals surface area contributed by atoms with E-state index in [1.54, 1.807) is 0 Å². The molecule has 2 N–H and O–H groups in total. The van der Waals surface area contributed by atoms with Gasteiger partial charge in [0.1, 0.15) is 6.61 Å². The van der Waals surface area contributed by atoms with Crippen molar-refractivity contribution in [3.63, 3.8) is 0 Å². The molecule has 0 aromatic carbocycles. The van der Waals surface area contributed by atoms with Gasteiger partial charge in [-0.2, -0.15) is 0 Å². The summed E-state index contributed by atoms with van der Waals surface area (Å²) in [4.78, 5) is 6.81. The highest BCUT2D eigenvalue weighted by Crippen LogP contribution is 2.15. The highest BCUT2D eigenvalue weighted by molar-refractivity contribution is 5.27. The van der Waals surface area contributed by atoms with E-state index >= 15 is 0 Å². The third-order valence-corrected chi connectivity index (χ3v) is 3.21. The largest absolute Gasteiger partial charge is 0.476 e. The predicted molar refractivity (Wildman–Crippen MR) is 79.3 cm³/mol. The van der Waals surface area contributed by atoms with Crippen LogP contribution in [-0.4, -0.2) is 35.1 Å². The van der Waals surface area contributed by atoms with Crippen molar-refractivity contribution in [1.82, 2.24) is 9.88 Å². The van der Waals surface area contributed by atoms with Crippen molar-refractivity contribution >= 4 is 0 Å². The highest BCUT2D eigenvalue weighted by atomic mass is 16.5. The molecule has 4 nitrogen and oxygen atoms in total. The first-order valence-corrected chi connectivity index (χ1v) is 7.00. The SMILES string of the molecule is Cc1ccc(CN)c(OCCN(C(C)C)C(C)C)n1. The van der Waals surface area contributed by atoms with Gasteiger partial charge < -0.3 is 10.5 Å². The van der Waals surface area contributed by atoms with E-state index in [2.05, 4.69) is 37.6 Å². The molecule has 0 aliphatic carbocycles. The van der Waals surface area contributed by atoms with Crippen LogP contribution in [0.5, 0.6) is 5.88 Å². The van der Waals surface area contributed by atoms with Gasteiger partial charge >= 0.3 is 0 Å². The number of aromatic nitrogens is 1. The number of nitrogens with zero attached hydrogens (tertiary/aromatic N) is 2. The van der Waals surface area contributed by atoms with Gasteiger partial charge in [-0.1, -0.05) is 6.07 Å². The third-order valence-electron chi connectivity index (χ3n) is 3.21. The van der Waals surface area contributed by atoms with Crippen molar-refractivity contribution in [3.05, 3.63) is 23.4 Å². The zero-order chi connectivity index (χ0) is 14.4. The Bertz CT molecular complexity index is 383. The lowest BCUT2D eigenvalue weighted by Crippen LogP contribution is -2.39. The molecule has 0 atom stereocenters. The lowest BCUT2D eigenvalue weighted by atomic mass is 10.2. The van der Waals surface area contributed by atoms with E-state index in [0.717, 1.165) is 17.8 Å². The van der Waals surface area contributed by atoms with Crippen molar-refractivity contribution in [3.8, 4) is 5.88 Å². The molecule has 0 aliphatic heterocycles. The molecule has 1 rings (SSSR count). The van der Waals surface area contributed by atoms with Gasteiger partial charge in [0.2, 0.25) is 5.88 Å². The standard InChI is InChI=1S/C15H27N3O/c1-11(2)18(12(3)4)8-9-19-15-14(10-16)7-6-13(5)17-15/h6-7,11-12H,8-10,16H2,1-5H3. The molecular formula is C15H27N3O. The Morgan fingerprint density at radius 2 is 1.84 bits per heavy atom. The first-order chi connectivity index (χ1) is 8.95. The summed E-state index contributed by atoms with van der Waals surface area (Å²) in [6, 6.07) is 4.98. The monoisotopic (exact) mass is 265 g/mol. The number of ether oxygens (including phenoxy) is 1. The molecule has 1 heterocycles. The molecule has 1 aromatic heterocycles. The Morgan fingerprint density at radius 3 is 2.37 bits per heavy atom. The topological polar surface area (TPSA) is 51.4 Å². The fourth-order valence-corrected chi connectivity index (χ4v) is 2.20. The predicted octanol–water partition coefficient (Wildman–Crippen LogP) is 2.35. The quantitative estimate of drug-likeness (QED) is 0.822. The van der Waals surface area contributed by atoms with E-state index < -0.39 is 0 Å². The number of nitrogens with two attached hydrogens (primary N) is 1. The van der Waals surface area contributed by atoms with E-state index in [1.165, 1.54) is 0 Å². The van der Waals surface area contributed by atoms with Crippen molar-refractivity contribution in [2.75, 3.05) is 13.2 Å². The average molecular weight is 265 g/mol. The molecule has 19 heavy (non-hydrogen) atoms. The van der Waals surface area contributed by atoms with Gasteiger partial charge in [-0.05, 0) is 40.7 Å². The molecule has 0 saturated heterocycles. The second-order valence-electron chi connectivity index (χ2n) is 5.39. The number of pyridine rings is 1. The molecule has 0 amide bonds. The van der Waals surface area contributed by atoms with Crippen LogP contribution in [0.2, 0.25) is 0 Å². The van der Waals surface area contributed by atoms with E-state index in [9.17, 15) is 0 Å². The first-order valence-electron chi connectivity index (χ1n) is 7.00. The van der Waals surface area contributed by atoms with Crippen LogP contribution in [0.15, 0.2) is 12.1 Å². The minimum atomic E-state index is 0.459. The Kier molecular flexibility index (Phi) is 6.25. The van der Waals surface area contributed by atoms with Crippen LogP contribution in [0.4, 0.5) is 0 Å². The molecule has 0 bridgehead atoms. The Hall–Kier alpha value is -1.13. The molecule has 0 aliphatic rings. The van der Waals surface area contributed by atoms with E-state index in [0.29, 0.717) is 31.1 Å². The normalized spacial score (nSPS) is 11.6. The Morgan fingerprint density at radius 1 is 1.21 bits per heavy atom. The van der Waals surface area contributed by atoms with Gasteiger partial charge in [0.15, 0.2) is 0 Å². The maximum Gasteiger partial charge on any atom is 0.218 e. The summed E-state index contributed by atoms with van der Waals surface area (Å²) in [7, 11) is 0. The molecule has 0 spiro atoms. The fraction of sp³-hybridized carbons (Fsp3) is 0.667. The van der Waals surface area contributed by atoms with Crippen LogP contribution < -0.4 is 10.5 Å². The van der Waals surface area contributed by atoms with Crippen molar-refractivity contribution in [1.29, 1.82) is 0 Å². The van der Waals surface area contributed by atoms with Crippen molar-refractivity contribution in [2.45, 2.75) is 53.2 Å². The summed E-state index contributed by atoms with van der Waals surface area (Å²) in [5.74, 6) is 0.676. The number of rotatable bonds is 7. The summed E-state index contributed by atoms with van der Waals surface area (Å²) in [6.45, 7) is 12.8. The van der Waals surface area contributed by atoms with E-state index in [1.807, 2.05) is 19.1 Å². The average Bonchev–Trinajstić information content (AvgIpc) is 2.33. The fourth-order valence-electron chi connectivity index (χ4n) is 2.20. The van der Waals surface area contributed by atoms with Gasteiger partial charge in [-0.25, -0.2) is 4.98 Å². The second kappa shape index (κ2) is 7.46. The smallest absolute Gasteiger partial charge is 0.218 e. The lowest BCUT2D eigenvalue weighted by Gasteiger charge is -2.30. The number of hydrogen-bond donors (Lipinski definition) is 1. The first kappa shape index (κ1) is 15.9. The minimum Gasteiger partial charge on any atom is -0.476 e. The van der Waals surface area contributed by atoms with Crippen LogP contribution in [0.3, 0.4) is 0 Å². The zero-order valence-corrected chi connectivity index (χ0v) is 12.8. The third kappa shape index (κ3) is 4.80. The van der Waals surface area contributed by atoms with Gasteiger partial charge in [0.05, 0.1) is 0 Å². The van der Waals surface area contributed by atoms with Crippen LogP contribution in [0.25, 0.3) is 0 Å². The molecule has 0 unspecified atom stereocenters. The molecule has 108 valence electrons. The Labute approximate surface area is 117 Å². The summed E-state index contributed by atoms with van der Waals surface area (Å²) < 4.78 is 5.81. The molecular weight excluding hydrogens is 238 g/mol. The van der Waals surface area contributed by atoms with Gasteiger partial charge in [0, 0.05) is 36.4 Å². The molecule has 0 saturated carbocycles. The van der Waals surface area contributed by atoms with Crippen LogP contribution >= 0.6 is 0 Å². The summed E-state index contributed by atoms with van der Waals surface area (Å²) in [6.07, 6.45) is 0. The van der Waals surface area contributed by atoms with Crippen molar-refractivity contribution < 1.29 is 4.74 Å². The number of hydrogen-bond acceptors (Lipinski definition) is 4. The van der Waals surface area contributed by atoms with Crippen LogP contribution in [-0.2, 0) is 6.54 Å². The maximum absolute atomic E-state index is 5.81. The van der Waals surface area contributed by atoms with E-state index in [-0.39, 0.29) is 0 Å². The van der Waals surface area contributed by atoms with Gasteiger partial charge in [-0.15, -0.1) is 0 Å². The minimum absolute atomic E-state index is 0.459. The summed E-state index contributed by atoms with van der Waals surface area (Å²) in [5.41, 5.74) is 7.62. The second-order valence-corrected chi connectivity index (χ2v) is 5.39. The zero-order valence-electron chi connectivity index (χ0n) is 12.8. The number of aryl methyl sites for hydroxylation is 1. The summed E-state index contributed by atoms with van der Waals surface area (Å²) >= 11 is 0. The van der Waals surface area contributed by atoms with Gasteiger partial charge in [-0.3, -0.25) is 4.90 Å². The molecule has 4 heteroatoms. The van der Waals surface area contributed by atoms with Crippen molar-refractivity contribution in [2.24, 2.45) is 5.73 Å². The molecule has 0 fully saturated rings.